The van der Waals surface area contributed by atoms with Gasteiger partial charge in [-0.2, -0.15) is 5.10 Å². The molecule has 0 saturated carbocycles. The predicted octanol–water partition coefficient (Wildman–Crippen LogP) is 1.38. The van der Waals surface area contributed by atoms with Gasteiger partial charge in [0.05, 0.1) is 10.7 Å². The van der Waals surface area contributed by atoms with Gasteiger partial charge in [0, 0.05) is 6.20 Å². The van der Waals surface area contributed by atoms with E-state index in [1.165, 1.54) is 0 Å². The highest BCUT2D eigenvalue weighted by molar-refractivity contribution is 9.10. The van der Waals surface area contributed by atoms with Gasteiger partial charge in [-0.15, -0.1) is 0 Å². The second-order valence-electron chi connectivity index (χ2n) is 2.79. The third kappa shape index (κ3) is 2.24. The van der Waals surface area contributed by atoms with Crippen LogP contribution in [0.25, 0.3) is 0 Å². The number of oxazole rings is 1. The quantitative estimate of drug-likeness (QED) is 0.912. The highest BCUT2D eigenvalue weighted by Gasteiger charge is 2.10. The lowest BCUT2D eigenvalue weighted by Gasteiger charge is -1.94. The summed E-state index contributed by atoms with van der Waals surface area (Å²) in [7, 11) is 0. The minimum absolute atomic E-state index is 0.101. The minimum Gasteiger partial charge on any atom is -0.476 e. The van der Waals surface area contributed by atoms with Crippen LogP contribution in [0.5, 0.6) is 0 Å². The number of halogens is 1. The number of carboxylic acid groups (broad SMARTS) is 1. The topological polar surface area (TPSA) is 81.1 Å². The average Bonchev–Trinajstić information content (AvgIpc) is 2.76. The molecule has 1 N–H and O–H groups in total. The van der Waals surface area contributed by atoms with Crippen LogP contribution < -0.4 is 0 Å². The number of carbonyl (C=O) groups is 1. The Morgan fingerprint density at radius 3 is 3.00 bits per heavy atom. The Kier molecular flexibility index (Phi) is 2.55. The third-order valence-electron chi connectivity index (χ3n) is 1.67. The molecule has 0 atom stereocenters. The van der Waals surface area contributed by atoms with Crippen LogP contribution >= 0.6 is 15.9 Å². The molecule has 0 amide bonds. The van der Waals surface area contributed by atoms with Crippen LogP contribution in [-0.2, 0) is 6.54 Å². The maximum absolute atomic E-state index is 10.5. The van der Waals surface area contributed by atoms with E-state index in [-0.39, 0.29) is 5.69 Å². The number of hydrogen-bond donors (Lipinski definition) is 1. The van der Waals surface area contributed by atoms with Gasteiger partial charge < -0.3 is 9.52 Å². The summed E-state index contributed by atoms with van der Waals surface area (Å²) < 4.78 is 7.40. The molecule has 0 fully saturated rings. The molecule has 2 rings (SSSR count). The molecule has 15 heavy (non-hydrogen) atoms. The van der Waals surface area contributed by atoms with Gasteiger partial charge in [0.25, 0.3) is 0 Å². The molecule has 2 aromatic heterocycles. The van der Waals surface area contributed by atoms with Crippen molar-refractivity contribution in [1.29, 1.82) is 0 Å². The summed E-state index contributed by atoms with van der Waals surface area (Å²) in [6.45, 7) is 0.304. The number of carboxylic acids is 1. The summed E-state index contributed by atoms with van der Waals surface area (Å²) in [5.41, 5.74) is -0.101. The summed E-state index contributed by atoms with van der Waals surface area (Å²) in [6.07, 6.45) is 4.47. The second kappa shape index (κ2) is 3.85. The van der Waals surface area contributed by atoms with Gasteiger partial charge in [0.1, 0.15) is 12.8 Å². The number of aromatic carboxylic acids is 1. The molecule has 0 radical (unpaired) electrons. The van der Waals surface area contributed by atoms with Crippen LogP contribution in [0, 0.1) is 0 Å². The summed E-state index contributed by atoms with van der Waals surface area (Å²) in [5, 5.41) is 12.6. The SMILES string of the molecule is O=C(O)c1coc(Cn2cc(Br)cn2)n1. The van der Waals surface area contributed by atoms with E-state index < -0.39 is 5.97 Å². The van der Waals surface area contributed by atoms with E-state index in [1.54, 1.807) is 17.1 Å². The van der Waals surface area contributed by atoms with Crippen LogP contribution in [0.3, 0.4) is 0 Å². The molecular weight excluding hydrogens is 266 g/mol. The first-order valence-corrected chi connectivity index (χ1v) is 4.80. The van der Waals surface area contributed by atoms with Gasteiger partial charge in [-0.25, -0.2) is 9.78 Å². The third-order valence-corrected chi connectivity index (χ3v) is 2.08. The maximum atomic E-state index is 10.5. The Bertz CT molecular complexity index is 491. The lowest BCUT2D eigenvalue weighted by Crippen LogP contribution is -2.01. The molecule has 2 heterocycles. The van der Waals surface area contributed by atoms with Gasteiger partial charge in [0.15, 0.2) is 5.69 Å². The van der Waals surface area contributed by atoms with E-state index in [1.807, 2.05) is 0 Å². The molecule has 0 aromatic carbocycles. The highest BCUT2D eigenvalue weighted by Crippen LogP contribution is 2.09. The van der Waals surface area contributed by atoms with Gasteiger partial charge in [0.2, 0.25) is 5.89 Å². The van der Waals surface area contributed by atoms with E-state index in [4.69, 9.17) is 9.52 Å². The molecule has 0 saturated heterocycles. The Balaban J connectivity index is 2.14. The first-order chi connectivity index (χ1) is 7.15. The minimum atomic E-state index is -1.10. The average molecular weight is 272 g/mol. The Morgan fingerprint density at radius 2 is 2.47 bits per heavy atom. The van der Waals surface area contributed by atoms with Crippen LogP contribution in [0.4, 0.5) is 0 Å². The molecule has 2 aromatic rings. The van der Waals surface area contributed by atoms with Crippen molar-refractivity contribution in [3.63, 3.8) is 0 Å². The van der Waals surface area contributed by atoms with Crippen LogP contribution in [0.2, 0.25) is 0 Å². The predicted molar refractivity (Wildman–Crippen MR) is 52.5 cm³/mol. The Morgan fingerprint density at radius 1 is 1.67 bits per heavy atom. The van der Waals surface area contributed by atoms with Crippen molar-refractivity contribution in [2.24, 2.45) is 0 Å². The van der Waals surface area contributed by atoms with Crippen LogP contribution in [0.1, 0.15) is 16.4 Å². The summed E-state index contributed by atoms with van der Waals surface area (Å²) in [4.78, 5) is 14.3. The van der Waals surface area contributed by atoms with Crippen molar-refractivity contribution in [2.75, 3.05) is 0 Å². The zero-order chi connectivity index (χ0) is 10.8. The van der Waals surface area contributed by atoms with Crippen LogP contribution in [-0.4, -0.2) is 25.8 Å². The van der Waals surface area contributed by atoms with E-state index in [2.05, 4.69) is 26.0 Å². The highest BCUT2D eigenvalue weighted by atomic mass is 79.9. The van der Waals surface area contributed by atoms with Crippen molar-refractivity contribution < 1.29 is 14.3 Å². The molecular formula is C8H6BrN3O3. The van der Waals surface area contributed by atoms with Gasteiger partial charge >= 0.3 is 5.97 Å². The molecule has 0 unspecified atom stereocenters. The standard InChI is InChI=1S/C8H6BrN3O3/c9-5-1-10-12(2-5)3-7-11-6(4-15-7)8(13)14/h1-2,4H,3H2,(H,13,14). The van der Waals surface area contributed by atoms with Crippen molar-refractivity contribution in [2.45, 2.75) is 6.54 Å². The van der Waals surface area contributed by atoms with Gasteiger partial charge in [-0.05, 0) is 15.9 Å². The Hall–Kier alpha value is -1.63. The summed E-state index contributed by atoms with van der Waals surface area (Å²) >= 11 is 3.25. The fourth-order valence-corrected chi connectivity index (χ4v) is 1.37. The Labute approximate surface area is 92.7 Å². The van der Waals surface area contributed by atoms with Gasteiger partial charge in [-0.1, -0.05) is 0 Å². The molecule has 0 aliphatic carbocycles. The molecule has 0 aliphatic heterocycles. The molecule has 7 heteroatoms. The fourth-order valence-electron chi connectivity index (χ4n) is 1.05. The summed E-state index contributed by atoms with van der Waals surface area (Å²) in [5.74, 6) is -0.797. The molecule has 0 spiro atoms. The van der Waals surface area contributed by atoms with Crippen molar-refractivity contribution in [3.8, 4) is 0 Å². The fraction of sp³-hybridized carbons (Fsp3) is 0.125. The largest absolute Gasteiger partial charge is 0.476 e. The monoisotopic (exact) mass is 271 g/mol. The smallest absolute Gasteiger partial charge is 0.357 e. The molecule has 0 aliphatic rings. The lowest BCUT2D eigenvalue weighted by molar-refractivity contribution is 0.0690. The lowest BCUT2D eigenvalue weighted by atomic mass is 10.5. The van der Waals surface area contributed by atoms with Crippen molar-refractivity contribution in [1.82, 2.24) is 14.8 Å². The molecule has 6 nitrogen and oxygen atoms in total. The maximum Gasteiger partial charge on any atom is 0.357 e. The number of hydrogen-bond acceptors (Lipinski definition) is 4. The first-order valence-electron chi connectivity index (χ1n) is 4.01. The van der Waals surface area contributed by atoms with E-state index >= 15 is 0 Å². The van der Waals surface area contributed by atoms with Crippen LogP contribution in [0.15, 0.2) is 27.5 Å². The van der Waals surface area contributed by atoms with E-state index in [0.29, 0.717) is 12.4 Å². The zero-order valence-corrected chi connectivity index (χ0v) is 9.01. The van der Waals surface area contributed by atoms with Crippen molar-refractivity contribution >= 4 is 21.9 Å². The summed E-state index contributed by atoms with van der Waals surface area (Å²) in [6, 6.07) is 0. The van der Waals surface area contributed by atoms with E-state index in [9.17, 15) is 4.79 Å². The van der Waals surface area contributed by atoms with Gasteiger partial charge in [-0.3, -0.25) is 4.68 Å². The number of aromatic nitrogens is 3. The van der Waals surface area contributed by atoms with Crippen molar-refractivity contribution in [3.05, 3.63) is 34.7 Å². The number of rotatable bonds is 3. The normalized spacial score (nSPS) is 10.5. The second-order valence-corrected chi connectivity index (χ2v) is 3.70. The molecule has 78 valence electrons. The first kappa shape index (κ1) is 9.91. The van der Waals surface area contributed by atoms with E-state index in [0.717, 1.165) is 10.7 Å². The zero-order valence-electron chi connectivity index (χ0n) is 7.42. The molecule has 0 bridgehead atoms. The number of nitrogens with zero attached hydrogens (tertiary/aromatic N) is 3.